The number of fused-ring (bicyclic) bond motifs is 5. The van der Waals surface area contributed by atoms with Gasteiger partial charge in [0, 0.05) is 28.5 Å². The smallest absolute Gasteiger partial charge is 0.245 e. The summed E-state index contributed by atoms with van der Waals surface area (Å²) in [7, 11) is 0. The molecule has 0 radical (unpaired) electrons. The largest absolute Gasteiger partial charge is 0.477 e. The number of furan rings is 1. The molecule has 4 heterocycles. The van der Waals surface area contributed by atoms with Crippen molar-refractivity contribution in [3.05, 3.63) is 83.0 Å². The molecule has 5 aliphatic rings. The number of nitrogens with zero attached hydrogens (tertiary/aromatic N) is 4. The van der Waals surface area contributed by atoms with Crippen molar-refractivity contribution >= 4 is 34.7 Å². The Hall–Kier alpha value is -3.65. The predicted octanol–water partition coefficient (Wildman–Crippen LogP) is 8.17. The van der Waals surface area contributed by atoms with Gasteiger partial charge in [0.05, 0.1) is 30.5 Å². The van der Waals surface area contributed by atoms with Gasteiger partial charge in [0.2, 0.25) is 17.5 Å². The Morgan fingerprint density at radius 1 is 1.07 bits per heavy atom. The average molecular weight is 578 g/mol. The summed E-state index contributed by atoms with van der Waals surface area (Å²) in [6.07, 6.45) is 14.0. The van der Waals surface area contributed by atoms with Crippen LogP contribution in [0.2, 0.25) is 0 Å². The maximum Gasteiger partial charge on any atom is 0.245 e. The van der Waals surface area contributed by atoms with Crippen molar-refractivity contribution in [3.63, 3.8) is 0 Å². The number of hydrogen-bond donors (Lipinski definition) is 1. The van der Waals surface area contributed by atoms with E-state index in [1.807, 2.05) is 18.3 Å². The van der Waals surface area contributed by atoms with Gasteiger partial charge in [-0.1, -0.05) is 23.8 Å². The summed E-state index contributed by atoms with van der Waals surface area (Å²) in [5.41, 5.74) is 8.92. The third-order valence-corrected chi connectivity index (χ3v) is 10.6. The first-order chi connectivity index (χ1) is 20.5. The highest BCUT2D eigenvalue weighted by molar-refractivity contribution is 8.00. The van der Waals surface area contributed by atoms with E-state index in [0.29, 0.717) is 35.5 Å². The van der Waals surface area contributed by atoms with Crippen LogP contribution in [0.1, 0.15) is 75.2 Å². The molecule has 0 spiro atoms. The number of allylic oxidation sites excluding steroid dienone is 4. The molecule has 3 aromatic heterocycles. The van der Waals surface area contributed by atoms with Crippen LogP contribution in [0.15, 0.2) is 75.4 Å². The lowest BCUT2D eigenvalue weighted by atomic mass is 9.42. The van der Waals surface area contributed by atoms with Gasteiger partial charge in [-0.15, -0.1) is 0 Å². The third kappa shape index (κ3) is 4.79. The van der Waals surface area contributed by atoms with Crippen LogP contribution in [0.25, 0.3) is 16.8 Å². The molecule has 42 heavy (non-hydrogen) atoms. The minimum absolute atomic E-state index is 0.229. The van der Waals surface area contributed by atoms with E-state index < -0.39 is 0 Å². The Kier molecular flexibility index (Phi) is 6.36. The van der Waals surface area contributed by atoms with Crippen LogP contribution in [0, 0.1) is 17.3 Å². The van der Waals surface area contributed by atoms with Crippen molar-refractivity contribution in [1.29, 1.82) is 0 Å². The molecule has 2 atom stereocenters. The summed E-state index contributed by atoms with van der Waals surface area (Å²) in [4.78, 5) is 20.4. The molecule has 1 aromatic carbocycles. The Morgan fingerprint density at radius 3 is 2.81 bits per heavy atom. The number of rotatable bonds is 5. The Morgan fingerprint density at radius 2 is 1.98 bits per heavy atom. The number of benzene rings is 1. The van der Waals surface area contributed by atoms with Crippen LogP contribution >= 0.6 is 11.9 Å². The van der Waals surface area contributed by atoms with Gasteiger partial charge in [-0.05, 0) is 111 Å². The first-order valence-electron chi connectivity index (χ1n) is 15.1. The van der Waals surface area contributed by atoms with Crippen LogP contribution in [0.3, 0.4) is 0 Å². The minimum atomic E-state index is 0.229. The summed E-state index contributed by atoms with van der Waals surface area (Å²) in [6.45, 7) is 4.99. The van der Waals surface area contributed by atoms with E-state index in [9.17, 15) is 0 Å². The van der Waals surface area contributed by atoms with Gasteiger partial charge in [-0.2, -0.15) is 4.98 Å². The van der Waals surface area contributed by atoms with Crippen molar-refractivity contribution in [2.45, 2.75) is 69.6 Å². The lowest BCUT2D eigenvalue weighted by molar-refractivity contribution is -0.126. The Balaban J connectivity index is 1.19. The first-order valence-corrected chi connectivity index (χ1v) is 15.9. The fourth-order valence-corrected chi connectivity index (χ4v) is 8.36. The molecule has 8 heteroatoms. The second-order valence-corrected chi connectivity index (χ2v) is 13.7. The summed E-state index contributed by atoms with van der Waals surface area (Å²) in [5.74, 6) is 2.68. The topological polar surface area (TPSA) is 86.0 Å². The fourth-order valence-electron chi connectivity index (χ4n) is 7.72. The van der Waals surface area contributed by atoms with Gasteiger partial charge in [-0.25, -0.2) is 15.0 Å². The second kappa shape index (κ2) is 10.3. The van der Waals surface area contributed by atoms with Gasteiger partial charge >= 0.3 is 0 Å². The van der Waals surface area contributed by atoms with Crippen LogP contribution in [-0.4, -0.2) is 26.5 Å². The number of nitrogens with one attached hydrogen (secondary N) is 1. The zero-order chi connectivity index (χ0) is 28.3. The Labute approximate surface area is 250 Å². The van der Waals surface area contributed by atoms with E-state index >= 15 is 0 Å². The van der Waals surface area contributed by atoms with Gasteiger partial charge in [0.1, 0.15) is 5.52 Å². The molecule has 3 saturated carbocycles. The van der Waals surface area contributed by atoms with Crippen molar-refractivity contribution in [3.8, 4) is 5.88 Å². The van der Waals surface area contributed by atoms with Crippen molar-refractivity contribution in [2.24, 2.45) is 17.3 Å². The third-order valence-electron chi connectivity index (χ3n) is 9.82. The molecular formula is C34H35N5O2S. The van der Waals surface area contributed by atoms with E-state index in [1.54, 1.807) is 18.2 Å². The molecular weight excluding hydrogens is 542 g/mol. The molecule has 1 N–H and O–H groups in total. The highest BCUT2D eigenvalue weighted by Gasteiger charge is 2.57. The van der Waals surface area contributed by atoms with Gasteiger partial charge in [0.15, 0.2) is 0 Å². The molecule has 0 saturated heterocycles. The standard InChI is InChI=1S/C34H35N5O2S/c1-20-5-3-6-21(2)31(20)29-13-30-38-33(37-29)39-42-26-8-4-7-23(11-26)27(12-25-18-35-32-28(36-25)9-10-40-32)24(19-41-30)17-34-14-22(15-34)16-34/h4-5,7-11,13,18,22,24,27H,3,6,12,14-17,19H2,1-2H3,(H,37,38,39). The average Bonchev–Trinajstić information content (AvgIpc) is 3.41. The van der Waals surface area contributed by atoms with Gasteiger partial charge < -0.3 is 9.15 Å². The molecule has 4 aromatic rings. The summed E-state index contributed by atoms with van der Waals surface area (Å²) < 4.78 is 15.6. The molecule has 1 aliphatic heterocycles. The molecule has 2 unspecified atom stereocenters. The quantitative estimate of drug-likeness (QED) is 0.238. The second-order valence-electron chi connectivity index (χ2n) is 12.8. The highest BCUT2D eigenvalue weighted by Crippen LogP contribution is 2.67. The Bertz CT molecular complexity index is 1730. The summed E-state index contributed by atoms with van der Waals surface area (Å²) in [5, 5.41) is 0. The van der Waals surface area contributed by atoms with Crippen molar-refractivity contribution < 1.29 is 9.15 Å². The number of anilines is 1. The molecule has 7 nitrogen and oxygen atoms in total. The first kappa shape index (κ1) is 26.0. The normalized spacial score (nSPS) is 26.6. The van der Waals surface area contributed by atoms with Crippen LogP contribution in [0.5, 0.6) is 5.88 Å². The molecule has 214 valence electrons. The zero-order valence-electron chi connectivity index (χ0n) is 24.1. The van der Waals surface area contributed by atoms with E-state index in [0.717, 1.165) is 53.4 Å². The van der Waals surface area contributed by atoms with E-state index in [1.165, 1.54) is 41.5 Å². The maximum absolute atomic E-state index is 6.67. The fraction of sp³-hybridized carbons (Fsp3) is 0.412. The number of ether oxygens (including phenoxy) is 1. The predicted molar refractivity (Wildman–Crippen MR) is 165 cm³/mol. The maximum atomic E-state index is 6.67. The van der Waals surface area contributed by atoms with E-state index in [2.05, 4.69) is 53.9 Å². The summed E-state index contributed by atoms with van der Waals surface area (Å²) >= 11 is 1.55. The van der Waals surface area contributed by atoms with E-state index in [4.69, 9.17) is 24.1 Å². The molecule has 4 aliphatic carbocycles. The van der Waals surface area contributed by atoms with Crippen molar-refractivity contribution in [1.82, 2.24) is 19.9 Å². The molecule has 3 fully saturated rings. The van der Waals surface area contributed by atoms with Gasteiger partial charge in [-0.3, -0.25) is 4.72 Å². The zero-order valence-corrected chi connectivity index (χ0v) is 24.9. The number of hydrogen-bond acceptors (Lipinski definition) is 8. The lowest BCUT2D eigenvalue weighted by Crippen LogP contribution is -2.53. The van der Waals surface area contributed by atoms with Gasteiger partial charge in [0.25, 0.3) is 0 Å². The SMILES string of the molecule is CC1=CCCC(C)=C1c1cc2nc(n1)NSc1cccc(c1)C(Cc1cnc3occc3n1)C(CC13CC(C1)C3)CO2. The van der Waals surface area contributed by atoms with Crippen LogP contribution < -0.4 is 9.46 Å². The molecule has 9 rings (SSSR count). The molecule has 0 amide bonds. The summed E-state index contributed by atoms with van der Waals surface area (Å²) in [6, 6.07) is 12.8. The van der Waals surface area contributed by atoms with E-state index in [-0.39, 0.29) is 5.92 Å². The minimum Gasteiger partial charge on any atom is -0.477 e. The lowest BCUT2D eigenvalue weighted by Gasteiger charge is -2.63. The highest BCUT2D eigenvalue weighted by atomic mass is 32.2. The monoisotopic (exact) mass is 577 g/mol. The van der Waals surface area contributed by atoms with Crippen LogP contribution in [-0.2, 0) is 6.42 Å². The number of aromatic nitrogens is 4. The molecule has 6 bridgehead atoms. The van der Waals surface area contributed by atoms with Crippen LogP contribution in [0.4, 0.5) is 5.95 Å². The van der Waals surface area contributed by atoms with Crippen molar-refractivity contribution in [2.75, 3.05) is 11.3 Å².